The molecule has 5 nitrogen and oxygen atoms in total. The molecule has 1 fully saturated rings. The first kappa shape index (κ1) is 12.7. The van der Waals surface area contributed by atoms with Gasteiger partial charge in [-0.3, -0.25) is 4.79 Å². The molecule has 1 atom stereocenters. The van der Waals surface area contributed by atoms with Crippen molar-refractivity contribution in [3.63, 3.8) is 0 Å². The summed E-state index contributed by atoms with van der Waals surface area (Å²) < 4.78 is 1.68. The second-order valence-corrected chi connectivity index (χ2v) is 4.67. The second kappa shape index (κ2) is 5.69. The Labute approximate surface area is 107 Å². The zero-order valence-electron chi connectivity index (χ0n) is 10.6. The molecule has 0 spiro atoms. The molecule has 0 aliphatic carbocycles. The van der Waals surface area contributed by atoms with E-state index >= 15 is 0 Å². The molecule has 1 amide bonds. The van der Waals surface area contributed by atoms with Crippen molar-refractivity contribution >= 4 is 5.91 Å². The summed E-state index contributed by atoms with van der Waals surface area (Å²) in [7, 11) is 1.77. The molecule has 0 aromatic carbocycles. The minimum atomic E-state index is -0.114. The first-order valence-electron chi connectivity index (χ1n) is 6.29. The first-order valence-corrected chi connectivity index (χ1v) is 6.29. The number of hydrogen-bond donors (Lipinski definition) is 2. The van der Waals surface area contributed by atoms with Crippen molar-refractivity contribution in [1.82, 2.24) is 15.2 Å². The summed E-state index contributed by atoms with van der Waals surface area (Å²) in [5, 5.41) is 15.1. The molecule has 2 rings (SSSR count). The van der Waals surface area contributed by atoms with E-state index in [2.05, 4.69) is 10.6 Å². The fourth-order valence-corrected chi connectivity index (χ4v) is 2.31. The van der Waals surface area contributed by atoms with E-state index in [0.29, 0.717) is 23.8 Å². The fraction of sp³-hybridized carbons (Fsp3) is 0.538. The van der Waals surface area contributed by atoms with Gasteiger partial charge in [-0.1, -0.05) is 0 Å². The molecule has 1 aliphatic rings. The maximum Gasteiger partial charge on any atom is 0.267 e. The van der Waals surface area contributed by atoms with Crippen molar-refractivity contribution in [2.45, 2.75) is 25.3 Å². The fourth-order valence-electron chi connectivity index (χ4n) is 2.31. The molecule has 2 heterocycles. The van der Waals surface area contributed by atoms with Gasteiger partial charge in [-0.15, -0.1) is 0 Å². The molecule has 0 unspecified atom stereocenters. The lowest BCUT2D eigenvalue weighted by Crippen LogP contribution is -2.31. The summed E-state index contributed by atoms with van der Waals surface area (Å²) >= 11 is 0. The van der Waals surface area contributed by atoms with Gasteiger partial charge in [0.1, 0.15) is 11.8 Å². The lowest BCUT2D eigenvalue weighted by Gasteiger charge is -2.10. The van der Waals surface area contributed by atoms with E-state index in [-0.39, 0.29) is 5.91 Å². The summed E-state index contributed by atoms with van der Waals surface area (Å²) in [6, 6.07) is 4.18. The van der Waals surface area contributed by atoms with Crippen molar-refractivity contribution in [1.29, 1.82) is 5.26 Å². The topological polar surface area (TPSA) is 69.8 Å². The van der Waals surface area contributed by atoms with E-state index in [1.54, 1.807) is 23.9 Å². The van der Waals surface area contributed by atoms with Gasteiger partial charge in [0, 0.05) is 25.8 Å². The molecule has 0 saturated carbocycles. The Morgan fingerprint density at radius 3 is 3.17 bits per heavy atom. The van der Waals surface area contributed by atoms with Crippen LogP contribution in [-0.4, -0.2) is 29.6 Å². The van der Waals surface area contributed by atoms with Crippen LogP contribution in [0.3, 0.4) is 0 Å². The number of nitriles is 1. The number of aromatic nitrogens is 1. The Bertz CT molecular complexity index is 466. The van der Waals surface area contributed by atoms with Gasteiger partial charge in [0.2, 0.25) is 0 Å². The van der Waals surface area contributed by atoms with E-state index in [9.17, 15) is 4.79 Å². The Hall–Kier alpha value is -1.80. The summed E-state index contributed by atoms with van der Waals surface area (Å²) in [5.41, 5.74) is 1.05. The second-order valence-electron chi connectivity index (χ2n) is 4.67. The van der Waals surface area contributed by atoms with Gasteiger partial charge in [-0.25, -0.2) is 0 Å². The van der Waals surface area contributed by atoms with Gasteiger partial charge in [0.15, 0.2) is 0 Å². The molecule has 2 N–H and O–H groups in total. The van der Waals surface area contributed by atoms with E-state index < -0.39 is 0 Å². The van der Waals surface area contributed by atoms with E-state index in [1.165, 1.54) is 12.8 Å². The van der Waals surface area contributed by atoms with Crippen LogP contribution in [0.2, 0.25) is 0 Å². The number of carbonyl (C=O) groups is 1. The summed E-state index contributed by atoms with van der Waals surface area (Å²) in [5.74, 6) is -0.114. The molecule has 18 heavy (non-hydrogen) atoms. The van der Waals surface area contributed by atoms with Gasteiger partial charge >= 0.3 is 0 Å². The number of rotatable bonds is 4. The maximum absolute atomic E-state index is 11.9. The molecular weight excluding hydrogens is 228 g/mol. The number of nitrogens with one attached hydrogen (secondary N) is 2. The molecule has 1 aromatic heterocycles. The number of amides is 1. The molecule has 0 radical (unpaired) electrons. The smallest absolute Gasteiger partial charge is 0.267 e. The van der Waals surface area contributed by atoms with Crippen LogP contribution in [0, 0.1) is 11.3 Å². The number of nitrogens with zero attached hydrogens (tertiary/aromatic N) is 2. The van der Waals surface area contributed by atoms with Crippen LogP contribution >= 0.6 is 0 Å². The standard InChI is InChI=1S/C13H18N4O/c1-17-9-10(8-14)7-12(17)13(18)16-6-4-11-3-2-5-15-11/h7,9,11,15H,2-6H2,1H3,(H,16,18)/t11-/m0/s1. The van der Waals surface area contributed by atoms with Crippen LogP contribution in [0.4, 0.5) is 0 Å². The lowest BCUT2D eigenvalue weighted by atomic mass is 10.1. The van der Waals surface area contributed by atoms with Crippen LogP contribution in [0.5, 0.6) is 0 Å². The molecule has 1 aromatic rings. The molecule has 0 bridgehead atoms. The quantitative estimate of drug-likeness (QED) is 0.824. The van der Waals surface area contributed by atoms with Crippen molar-refractivity contribution in [2.75, 3.05) is 13.1 Å². The Morgan fingerprint density at radius 1 is 1.72 bits per heavy atom. The predicted octanol–water partition coefficient (Wildman–Crippen LogP) is 0.769. The monoisotopic (exact) mass is 246 g/mol. The summed E-state index contributed by atoms with van der Waals surface area (Å²) in [6.45, 7) is 1.76. The van der Waals surface area contributed by atoms with Crippen LogP contribution in [0.15, 0.2) is 12.3 Å². The zero-order chi connectivity index (χ0) is 13.0. The third-order valence-corrected chi connectivity index (χ3v) is 3.31. The van der Waals surface area contributed by atoms with Crippen molar-refractivity contribution in [3.05, 3.63) is 23.5 Å². The maximum atomic E-state index is 11.9. The van der Waals surface area contributed by atoms with Crippen LogP contribution in [0.1, 0.15) is 35.3 Å². The van der Waals surface area contributed by atoms with Crippen LogP contribution < -0.4 is 10.6 Å². The van der Waals surface area contributed by atoms with E-state index in [1.807, 2.05) is 6.07 Å². The first-order chi connectivity index (χ1) is 8.70. The van der Waals surface area contributed by atoms with E-state index in [0.717, 1.165) is 13.0 Å². The van der Waals surface area contributed by atoms with Crippen molar-refractivity contribution in [3.8, 4) is 6.07 Å². The van der Waals surface area contributed by atoms with Gasteiger partial charge < -0.3 is 15.2 Å². The minimum Gasteiger partial charge on any atom is -0.351 e. The van der Waals surface area contributed by atoms with Crippen LogP contribution in [-0.2, 0) is 7.05 Å². The summed E-state index contributed by atoms with van der Waals surface area (Å²) in [4.78, 5) is 11.9. The third kappa shape index (κ3) is 2.90. The highest BCUT2D eigenvalue weighted by atomic mass is 16.1. The molecule has 96 valence electrons. The minimum absolute atomic E-state index is 0.114. The highest BCUT2D eigenvalue weighted by Gasteiger charge is 2.15. The number of aryl methyl sites for hydroxylation is 1. The molecule has 1 saturated heterocycles. The largest absolute Gasteiger partial charge is 0.351 e. The molecular formula is C13H18N4O. The lowest BCUT2D eigenvalue weighted by molar-refractivity contribution is 0.0944. The average molecular weight is 246 g/mol. The Morgan fingerprint density at radius 2 is 2.56 bits per heavy atom. The van der Waals surface area contributed by atoms with Crippen LogP contribution in [0.25, 0.3) is 0 Å². The van der Waals surface area contributed by atoms with Crippen molar-refractivity contribution in [2.24, 2.45) is 7.05 Å². The normalized spacial score (nSPS) is 18.6. The highest BCUT2D eigenvalue weighted by molar-refractivity contribution is 5.93. The Kier molecular flexibility index (Phi) is 4.00. The summed E-state index contributed by atoms with van der Waals surface area (Å²) in [6.07, 6.45) is 5.04. The van der Waals surface area contributed by atoms with Gasteiger partial charge in [0.25, 0.3) is 5.91 Å². The van der Waals surface area contributed by atoms with Gasteiger partial charge in [0.05, 0.1) is 5.56 Å². The number of carbonyl (C=O) groups excluding carboxylic acids is 1. The van der Waals surface area contributed by atoms with E-state index in [4.69, 9.17) is 5.26 Å². The predicted molar refractivity (Wildman–Crippen MR) is 68.1 cm³/mol. The van der Waals surface area contributed by atoms with Crippen molar-refractivity contribution < 1.29 is 4.79 Å². The molecule has 5 heteroatoms. The SMILES string of the molecule is Cn1cc(C#N)cc1C(=O)NCC[C@@H]1CCCN1. The highest BCUT2D eigenvalue weighted by Crippen LogP contribution is 2.08. The zero-order valence-corrected chi connectivity index (χ0v) is 10.6. The molecule has 1 aliphatic heterocycles. The van der Waals surface area contributed by atoms with Gasteiger partial charge in [-0.05, 0) is 31.9 Å². The Balaban J connectivity index is 1.83. The number of hydrogen-bond acceptors (Lipinski definition) is 3. The third-order valence-electron chi connectivity index (χ3n) is 3.31. The average Bonchev–Trinajstić information content (AvgIpc) is 2.98. The van der Waals surface area contributed by atoms with Gasteiger partial charge in [-0.2, -0.15) is 5.26 Å².